The number of ether oxygens (including phenoxy) is 2. The first kappa shape index (κ1) is 16.7. The van der Waals surface area contributed by atoms with Crippen molar-refractivity contribution in [1.29, 1.82) is 0 Å². The van der Waals surface area contributed by atoms with E-state index >= 15 is 0 Å². The molecule has 21 heavy (non-hydrogen) atoms. The van der Waals surface area contributed by atoms with Gasteiger partial charge in [0.2, 0.25) is 5.91 Å². The van der Waals surface area contributed by atoms with Gasteiger partial charge in [-0.25, -0.2) is 4.79 Å². The SMILES string of the molecule is CCOC(=O)CCC(=O)Nc1cccc(C(=O)OC)c1C. The second kappa shape index (κ2) is 8.04. The maximum atomic E-state index is 11.8. The lowest BCUT2D eigenvalue weighted by atomic mass is 10.1. The average Bonchev–Trinajstić information content (AvgIpc) is 2.47. The van der Waals surface area contributed by atoms with E-state index in [1.54, 1.807) is 32.0 Å². The van der Waals surface area contributed by atoms with Gasteiger partial charge in [0.15, 0.2) is 0 Å². The molecule has 0 fully saturated rings. The van der Waals surface area contributed by atoms with Gasteiger partial charge in [-0.1, -0.05) is 6.07 Å². The Hall–Kier alpha value is -2.37. The minimum atomic E-state index is -0.463. The molecule has 0 saturated carbocycles. The van der Waals surface area contributed by atoms with Crippen LogP contribution in [0.2, 0.25) is 0 Å². The lowest BCUT2D eigenvalue weighted by Gasteiger charge is -2.11. The second-order valence-corrected chi connectivity index (χ2v) is 4.32. The zero-order valence-electron chi connectivity index (χ0n) is 12.4. The van der Waals surface area contributed by atoms with E-state index in [4.69, 9.17) is 4.74 Å². The normalized spacial score (nSPS) is 9.86. The summed E-state index contributed by atoms with van der Waals surface area (Å²) in [5.41, 5.74) is 1.53. The predicted molar refractivity (Wildman–Crippen MR) is 77.0 cm³/mol. The van der Waals surface area contributed by atoms with Gasteiger partial charge in [0, 0.05) is 12.1 Å². The molecule has 0 spiro atoms. The van der Waals surface area contributed by atoms with E-state index in [0.717, 1.165) is 0 Å². The number of carbonyl (C=O) groups excluding carboxylic acids is 3. The fraction of sp³-hybridized carbons (Fsp3) is 0.400. The van der Waals surface area contributed by atoms with Gasteiger partial charge in [-0.05, 0) is 31.5 Å². The number of amides is 1. The first-order valence-corrected chi connectivity index (χ1v) is 6.63. The third-order valence-corrected chi connectivity index (χ3v) is 2.87. The van der Waals surface area contributed by atoms with Crippen LogP contribution in [0.15, 0.2) is 18.2 Å². The Morgan fingerprint density at radius 1 is 1.19 bits per heavy atom. The molecule has 6 nitrogen and oxygen atoms in total. The van der Waals surface area contributed by atoms with Crippen LogP contribution in [0.3, 0.4) is 0 Å². The van der Waals surface area contributed by atoms with Crippen molar-refractivity contribution in [2.24, 2.45) is 0 Å². The Morgan fingerprint density at radius 2 is 1.90 bits per heavy atom. The summed E-state index contributed by atoms with van der Waals surface area (Å²) in [6.07, 6.45) is 0.0517. The number of anilines is 1. The molecular formula is C15H19NO5. The number of hydrogen-bond acceptors (Lipinski definition) is 5. The third kappa shape index (κ3) is 4.91. The van der Waals surface area contributed by atoms with Crippen molar-refractivity contribution < 1.29 is 23.9 Å². The van der Waals surface area contributed by atoms with Crippen LogP contribution in [0, 0.1) is 6.92 Å². The molecule has 0 aliphatic heterocycles. The van der Waals surface area contributed by atoms with Gasteiger partial charge in [-0.3, -0.25) is 9.59 Å². The molecule has 1 aromatic carbocycles. The highest BCUT2D eigenvalue weighted by Crippen LogP contribution is 2.20. The summed E-state index contributed by atoms with van der Waals surface area (Å²) in [6.45, 7) is 3.72. The molecule has 114 valence electrons. The fourth-order valence-corrected chi connectivity index (χ4v) is 1.76. The van der Waals surface area contributed by atoms with Crippen molar-refractivity contribution >= 4 is 23.5 Å². The Kier molecular flexibility index (Phi) is 6.39. The molecule has 1 amide bonds. The molecule has 0 bridgehead atoms. The second-order valence-electron chi connectivity index (χ2n) is 4.32. The van der Waals surface area contributed by atoms with Crippen LogP contribution in [0.1, 0.15) is 35.7 Å². The molecule has 0 saturated heterocycles. The van der Waals surface area contributed by atoms with E-state index in [0.29, 0.717) is 23.4 Å². The maximum absolute atomic E-state index is 11.8. The van der Waals surface area contributed by atoms with Crippen LogP contribution in [0.4, 0.5) is 5.69 Å². The van der Waals surface area contributed by atoms with E-state index in [2.05, 4.69) is 10.1 Å². The lowest BCUT2D eigenvalue weighted by molar-refractivity contribution is -0.144. The van der Waals surface area contributed by atoms with Crippen molar-refractivity contribution in [3.05, 3.63) is 29.3 Å². The topological polar surface area (TPSA) is 81.7 Å². The monoisotopic (exact) mass is 293 g/mol. The number of carbonyl (C=O) groups is 3. The standard InChI is InChI=1S/C15H19NO5/c1-4-21-14(18)9-8-13(17)16-12-7-5-6-11(10(12)2)15(19)20-3/h5-7H,4,8-9H2,1-3H3,(H,16,17). The van der Waals surface area contributed by atoms with Crippen molar-refractivity contribution in [3.63, 3.8) is 0 Å². The molecule has 1 rings (SSSR count). The summed E-state index contributed by atoms with van der Waals surface area (Å²) in [4.78, 5) is 34.5. The maximum Gasteiger partial charge on any atom is 0.338 e. The van der Waals surface area contributed by atoms with E-state index in [-0.39, 0.29) is 18.7 Å². The van der Waals surface area contributed by atoms with Gasteiger partial charge < -0.3 is 14.8 Å². The number of nitrogens with one attached hydrogen (secondary N) is 1. The van der Waals surface area contributed by atoms with Crippen molar-refractivity contribution in [3.8, 4) is 0 Å². The molecule has 1 aromatic rings. The van der Waals surface area contributed by atoms with Gasteiger partial charge in [-0.2, -0.15) is 0 Å². The number of hydrogen-bond donors (Lipinski definition) is 1. The summed E-state index contributed by atoms with van der Waals surface area (Å²) in [5, 5.41) is 2.67. The predicted octanol–water partition coefficient (Wildman–Crippen LogP) is 2.06. The third-order valence-electron chi connectivity index (χ3n) is 2.87. The molecule has 0 aromatic heterocycles. The van der Waals surface area contributed by atoms with Crippen LogP contribution in [-0.2, 0) is 19.1 Å². The Labute approximate surface area is 123 Å². The molecule has 1 N–H and O–H groups in total. The molecule has 0 radical (unpaired) electrons. The smallest absolute Gasteiger partial charge is 0.338 e. The zero-order valence-corrected chi connectivity index (χ0v) is 12.4. The highest BCUT2D eigenvalue weighted by Gasteiger charge is 2.14. The van der Waals surface area contributed by atoms with Gasteiger partial charge in [0.1, 0.15) is 0 Å². The van der Waals surface area contributed by atoms with Crippen molar-refractivity contribution in [2.45, 2.75) is 26.7 Å². The number of benzene rings is 1. The summed E-state index contributed by atoms with van der Waals surface area (Å²) in [5.74, 6) is -1.18. The average molecular weight is 293 g/mol. The van der Waals surface area contributed by atoms with Crippen LogP contribution < -0.4 is 5.32 Å². The van der Waals surface area contributed by atoms with Gasteiger partial charge in [0.05, 0.1) is 25.7 Å². The van der Waals surface area contributed by atoms with E-state index in [1.165, 1.54) is 7.11 Å². The van der Waals surface area contributed by atoms with E-state index in [9.17, 15) is 14.4 Å². The number of rotatable bonds is 6. The largest absolute Gasteiger partial charge is 0.466 e. The molecule has 0 aliphatic carbocycles. The van der Waals surface area contributed by atoms with E-state index in [1.807, 2.05) is 0 Å². The first-order valence-electron chi connectivity index (χ1n) is 6.63. The van der Waals surface area contributed by atoms with Crippen LogP contribution in [0.25, 0.3) is 0 Å². The van der Waals surface area contributed by atoms with Crippen molar-refractivity contribution in [2.75, 3.05) is 19.0 Å². The molecule has 0 atom stereocenters. The van der Waals surface area contributed by atoms with E-state index < -0.39 is 11.9 Å². The summed E-state index contributed by atoms with van der Waals surface area (Å²) in [6, 6.07) is 4.96. The molecular weight excluding hydrogens is 274 g/mol. The highest BCUT2D eigenvalue weighted by atomic mass is 16.5. The summed E-state index contributed by atoms with van der Waals surface area (Å²) < 4.78 is 9.42. The number of esters is 2. The first-order chi connectivity index (χ1) is 9.99. The molecule has 0 unspecified atom stereocenters. The van der Waals surface area contributed by atoms with Crippen LogP contribution >= 0.6 is 0 Å². The van der Waals surface area contributed by atoms with Gasteiger partial charge in [0.25, 0.3) is 0 Å². The fourth-order valence-electron chi connectivity index (χ4n) is 1.76. The Morgan fingerprint density at radius 3 is 2.52 bits per heavy atom. The Balaban J connectivity index is 2.68. The Bertz CT molecular complexity index is 539. The molecule has 0 heterocycles. The number of methoxy groups -OCH3 is 1. The highest BCUT2D eigenvalue weighted by molar-refractivity contribution is 5.97. The van der Waals surface area contributed by atoms with Gasteiger partial charge in [-0.15, -0.1) is 0 Å². The van der Waals surface area contributed by atoms with Gasteiger partial charge >= 0.3 is 11.9 Å². The lowest BCUT2D eigenvalue weighted by Crippen LogP contribution is -2.16. The zero-order chi connectivity index (χ0) is 15.8. The minimum absolute atomic E-state index is 0.0232. The summed E-state index contributed by atoms with van der Waals surface area (Å²) in [7, 11) is 1.30. The van der Waals surface area contributed by atoms with Crippen LogP contribution in [0.5, 0.6) is 0 Å². The van der Waals surface area contributed by atoms with Crippen molar-refractivity contribution in [1.82, 2.24) is 0 Å². The minimum Gasteiger partial charge on any atom is -0.466 e. The molecule has 0 aliphatic rings. The van der Waals surface area contributed by atoms with Crippen LogP contribution in [-0.4, -0.2) is 31.6 Å². The molecule has 6 heteroatoms. The summed E-state index contributed by atoms with van der Waals surface area (Å²) >= 11 is 0. The quantitative estimate of drug-likeness (QED) is 0.812.